The number of methoxy groups -OCH3 is 2. The summed E-state index contributed by atoms with van der Waals surface area (Å²) in [6.45, 7) is 6.60. The molecule has 1 aromatic carbocycles. The van der Waals surface area contributed by atoms with Crippen LogP contribution in [0.3, 0.4) is 0 Å². The minimum absolute atomic E-state index is 0.351. The fourth-order valence-corrected chi connectivity index (χ4v) is 4.25. The van der Waals surface area contributed by atoms with E-state index in [1.165, 1.54) is 6.33 Å². The molecule has 0 radical (unpaired) electrons. The molecule has 10 nitrogen and oxygen atoms in total. The molecule has 0 saturated carbocycles. The molecule has 0 atom stereocenters. The molecule has 3 N–H and O–H groups in total. The average molecular weight is 470 g/mol. The maximum Gasteiger partial charge on any atom is 0.412 e. The molecule has 4 rings (SSSR count). The van der Waals surface area contributed by atoms with E-state index in [4.69, 9.17) is 24.7 Å². The highest BCUT2D eigenvalue weighted by atomic mass is 16.6. The van der Waals surface area contributed by atoms with Gasteiger partial charge in [0.1, 0.15) is 28.8 Å². The maximum atomic E-state index is 12.3. The number of aromatic nitrogens is 3. The van der Waals surface area contributed by atoms with Crippen LogP contribution in [0.2, 0.25) is 0 Å². The molecule has 1 aliphatic rings. The van der Waals surface area contributed by atoms with Gasteiger partial charge in [-0.05, 0) is 44.5 Å². The molecule has 1 saturated heterocycles. The van der Waals surface area contributed by atoms with Crippen LogP contribution in [-0.2, 0) is 19.8 Å². The zero-order chi connectivity index (χ0) is 24.5. The number of benzene rings is 1. The fraction of sp³-hybridized carbons (Fsp3) is 0.458. The Morgan fingerprint density at radius 2 is 1.94 bits per heavy atom. The van der Waals surface area contributed by atoms with Crippen LogP contribution >= 0.6 is 0 Å². The largest absolute Gasteiger partial charge is 0.495 e. The molecule has 1 fully saturated rings. The summed E-state index contributed by atoms with van der Waals surface area (Å²) in [5, 5.41) is 7.23. The first-order valence-corrected chi connectivity index (χ1v) is 11.1. The molecule has 182 valence electrons. The Balaban J connectivity index is 1.79. The van der Waals surface area contributed by atoms with Gasteiger partial charge in [0.05, 0.1) is 18.5 Å². The monoisotopic (exact) mass is 469 g/mol. The van der Waals surface area contributed by atoms with Crippen molar-refractivity contribution in [2.45, 2.75) is 44.8 Å². The number of amides is 1. The van der Waals surface area contributed by atoms with Crippen LogP contribution in [-0.4, -0.2) is 53.7 Å². The van der Waals surface area contributed by atoms with Crippen LogP contribution < -0.4 is 15.8 Å². The number of nitrogens with zero attached hydrogens (tertiary/aromatic N) is 3. The lowest BCUT2D eigenvalue weighted by atomic mass is 9.90. The molecule has 0 aliphatic carbocycles. The molecule has 34 heavy (non-hydrogen) atoms. The minimum atomic E-state index is -0.613. The van der Waals surface area contributed by atoms with E-state index in [0.29, 0.717) is 48.8 Å². The average Bonchev–Trinajstić information content (AvgIpc) is 3.20. The normalized spacial score (nSPS) is 15.8. The van der Waals surface area contributed by atoms with Crippen molar-refractivity contribution >= 4 is 23.1 Å². The van der Waals surface area contributed by atoms with Gasteiger partial charge in [-0.25, -0.2) is 14.3 Å². The van der Waals surface area contributed by atoms with E-state index in [2.05, 4.69) is 15.4 Å². The van der Waals surface area contributed by atoms with Gasteiger partial charge < -0.3 is 24.7 Å². The summed E-state index contributed by atoms with van der Waals surface area (Å²) in [7, 11) is 3.25. The van der Waals surface area contributed by atoms with Crippen molar-refractivity contribution < 1.29 is 23.7 Å². The van der Waals surface area contributed by atoms with E-state index < -0.39 is 17.3 Å². The third-order valence-corrected chi connectivity index (χ3v) is 5.89. The van der Waals surface area contributed by atoms with Crippen LogP contribution in [0.25, 0.3) is 16.6 Å². The number of hydrogen-bond acceptors (Lipinski definition) is 8. The van der Waals surface area contributed by atoms with Gasteiger partial charge in [-0.1, -0.05) is 6.07 Å². The minimum Gasteiger partial charge on any atom is -0.495 e. The van der Waals surface area contributed by atoms with Crippen molar-refractivity contribution in [3.63, 3.8) is 0 Å². The molecule has 0 bridgehead atoms. The van der Waals surface area contributed by atoms with Gasteiger partial charge in [0.15, 0.2) is 5.82 Å². The lowest BCUT2D eigenvalue weighted by Gasteiger charge is -2.35. The number of carbonyl (C=O) groups is 1. The van der Waals surface area contributed by atoms with Crippen molar-refractivity contribution in [2.24, 2.45) is 0 Å². The Kier molecular flexibility index (Phi) is 6.37. The summed E-state index contributed by atoms with van der Waals surface area (Å²) in [6.07, 6.45) is 2.27. The van der Waals surface area contributed by atoms with E-state index >= 15 is 0 Å². The molecule has 1 aliphatic heterocycles. The number of ether oxygens (including phenoxy) is 4. The van der Waals surface area contributed by atoms with Gasteiger partial charge in [0.25, 0.3) is 0 Å². The van der Waals surface area contributed by atoms with Crippen molar-refractivity contribution in [1.29, 1.82) is 0 Å². The van der Waals surface area contributed by atoms with Gasteiger partial charge in [-0.15, -0.1) is 0 Å². The molecule has 1 amide bonds. The Morgan fingerprint density at radius 1 is 1.21 bits per heavy atom. The summed E-state index contributed by atoms with van der Waals surface area (Å²) in [6, 6.07) is 7.51. The first-order chi connectivity index (χ1) is 16.2. The lowest BCUT2D eigenvalue weighted by Crippen LogP contribution is -2.37. The first-order valence-electron chi connectivity index (χ1n) is 11.1. The van der Waals surface area contributed by atoms with Crippen molar-refractivity contribution in [3.8, 4) is 16.9 Å². The van der Waals surface area contributed by atoms with Crippen LogP contribution in [0.5, 0.6) is 5.75 Å². The molecule has 3 aromatic rings. The summed E-state index contributed by atoms with van der Waals surface area (Å²) in [5.41, 5.74) is 8.85. The lowest BCUT2D eigenvalue weighted by molar-refractivity contribution is -0.0981. The number of nitrogen functional groups attached to an aromatic ring is 1. The predicted octanol–water partition coefficient (Wildman–Crippen LogP) is 3.99. The quantitative estimate of drug-likeness (QED) is 0.575. The second-order valence-electron chi connectivity index (χ2n) is 9.20. The molecule has 3 heterocycles. The highest BCUT2D eigenvalue weighted by Crippen LogP contribution is 2.42. The molecule has 0 unspecified atom stereocenters. The topological polar surface area (TPSA) is 122 Å². The molecular weight excluding hydrogens is 438 g/mol. The molecule has 0 spiro atoms. The third-order valence-electron chi connectivity index (χ3n) is 5.89. The van der Waals surface area contributed by atoms with Crippen LogP contribution in [0.4, 0.5) is 16.3 Å². The number of anilines is 2. The number of rotatable bonds is 5. The van der Waals surface area contributed by atoms with Crippen LogP contribution in [0.1, 0.15) is 39.3 Å². The first kappa shape index (κ1) is 23.8. The second-order valence-corrected chi connectivity index (χ2v) is 9.20. The number of fused-ring (bicyclic) bond motifs is 1. The highest BCUT2D eigenvalue weighted by Gasteiger charge is 2.38. The van der Waals surface area contributed by atoms with E-state index in [-0.39, 0.29) is 0 Å². The third kappa shape index (κ3) is 4.51. The number of nitrogens with two attached hydrogens (primary N) is 1. The standard InChI is InChI=1S/C24H31N5O5/c1-23(2,3)34-22(30)28-17-7-6-15(12-18(17)31-4)16-13-19(24(32-5)8-10-33-11-9-24)29-20(16)21(25)26-14-27-29/h6-7,12-14H,8-11H2,1-5H3,(H,28,30)(H2,25,26,27). The number of hydrogen-bond donors (Lipinski definition) is 2. The molecule has 2 aromatic heterocycles. The molecule has 10 heteroatoms. The fourth-order valence-electron chi connectivity index (χ4n) is 4.25. The van der Waals surface area contributed by atoms with E-state index in [1.54, 1.807) is 45.6 Å². The van der Waals surface area contributed by atoms with Gasteiger partial charge in [-0.2, -0.15) is 5.10 Å². The smallest absolute Gasteiger partial charge is 0.412 e. The second kappa shape index (κ2) is 9.11. The van der Waals surface area contributed by atoms with Gasteiger partial charge in [0, 0.05) is 38.7 Å². The SMILES string of the molecule is COc1cc(-c2cc(C3(OC)CCOCC3)n3ncnc(N)c23)ccc1NC(=O)OC(C)(C)C. The summed E-state index contributed by atoms with van der Waals surface area (Å²) in [4.78, 5) is 16.5. The van der Waals surface area contributed by atoms with Gasteiger partial charge >= 0.3 is 6.09 Å². The zero-order valence-corrected chi connectivity index (χ0v) is 20.2. The van der Waals surface area contributed by atoms with Crippen molar-refractivity contribution in [3.05, 3.63) is 36.3 Å². The van der Waals surface area contributed by atoms with Gasteiger partial charge in [0.2, 0.25) is 0 Å². The highest BCUT2D eigenvalue weighted by molar-refractivity contribution is 5.92. The van der Waals surface area contributed by atoms with E-state index in [0.717, 1.165) is 16.8 Å². The van der Waals surface area contributed by atoms with E-state index in [1.807, 2.05) is 18.2 Å². The Bertz CT molecular complexity index is 1190. The Hall–Kier alpha value is -3.37. The van der Waals surface area contributed by atoms with Crippen LogP contribution in [0, 0.1) is 0 Å². The summed E-state index contributed by atoms with van der Waals surface area (Å²) >= 11 is 0. The maximum absolute atomic E-state index is 12.3. The molecular formula is C24H31N5O5. The van der Waals surface area contributed by atoms with Crippen LogP contribution in [0.15, 0.2) is 30.6 Å². The Labute approximate surface area is 198 Å². The van der Waals surface area contributed by atoms with Crippen molar-refractivity contribution in [1.82, 2.24) is 14.6 Å². The zero-order valence-electron chi connectivity index (χ0n) is 20.2. The van der Waals surface area contributed by atoms with Crippen molar-refractivity contribution in [2.75, 3.05) is 38.5 Å². The Morgan fingerprint density at radius 3 is 2.59 bits per heavy atom. The number of nitrogens with one attached hydrogen (secondary N) is 1. The van der Waals surface area contributed by atoms with Gasteiger partial charge in [-0.3, -0.25) is 5.32 Å². The summed E-state index contributed by atoms with van der Waals surface area (Å²) in [5.74, 6) is 0.830. The van der Waals surface area contributed by atoms with E-state index in [9.17, 15) is 4.79 Å². The summed E-state index contributed by atoms with van der Waals surface area (Å²) < 4.78 is 24.3. The number of carbonyl (C=O) groups excluding carboxylic acids is 1. The predicted molar refractivity (Wildman–Crippen MR) is 128 cm³/mol.